The van der Waals surface area contributed by atoms with Gasteiger partial charge in [-0.3, -0.25) is 4.79 Å². The summed E-state index contributed by atoms with van der Waals surface area (Å²) in [6.45, 7) is 6.74. The molecule has 0 saturated heterocycles. The van der Waals surface area contributed by atoms with E-state index in [0.29, 0.717) is 23.8 Å². The van der Waals surface area contributed by atoms with Crippen LogP contribution in [0.5, 0.6) is 5.75 Å². The minimum atomic E-state index is -0.177. The molecule has 2 aromatic carbocycles. The average Bonchev–Trinajstić information content (AvgIpc) is 2.48. The standard InChI is InChI=1S/C18H20BrNO2/c1-12(2)11-22-17-9-6-14(19)10-16(17)18(21)20-15-7-4-13(3)5-8-15/h4-10,12H,11H2,1-3H3,(H,20,21). The molecule has 2 rings (SSSR count). The molecule has 2 aromatic rings. The number of benzene rings is 2. The first-order chi connectivity index (χ1) is 10.5. The monoisotopic (exact) mass is 361 g/mol. The van der Waals surface area contributed by atoms with Crippen LogP contribution in [0, 0.1) is 12.8 Å². The van der Waals surface area contributed by atoms with Crippen molar-refractivity contribution in [1.82, 2.24) is 0 Å². The number of halogens is 1. The molecule has 0 fully saturated rings. The number of anilines is 1. The van der Waals surface area contributed by atoms with Crippen molar-refractivity contribution in [2.24, 2.45) is 5.92 Å². The van der Waals surface area contributed by atoms with Gasteiger partial charge in [0.2, 0.25) is 0 Å². The fourth-order valence-corrected chi connectivity index (χ4v) is 2.26. The van der Waals surface area contributed by atoms with Gasteiger partial charge in [-0.1, -0.05) is 47.5 Å². The van der Waals surface area contributed by atoms with Crippen LogP contribution in [0.3, 0.4) is 0 Å². The maximum atomic E-state index is 12.5. The molecule has 0 unspecified atom stereocenters. The van der Waals surface area contributed by atoms with Crippen LogP contribution >= 0.6 is 15.9 Å². The third-order valence-corrected chi connectivity index (χ3v) is 3.56. The fourth-order valence-electron chi connectivity index (χ4n) is 1.90. The molecule has 0 spiro atoms. The third kappa shape index (κ3) is 4.60. The van der Waals surface area contributed by atoms with Crippen molar-refractivity contribution >= 4 is 27.5 Å². The highest BCUT2D eigenvalue weighted by atomic mass is 79.9. The third-order valence-electron chi connectivity index (χ3n) is 3.07. The fraction of sp³-hybridized carbons (Fsp3) is 0.278. The first-order valence-electron chi connectivity index (χ1n) is 7.26. The van der Waals surface area contributed by atoms with Crippen LogP contribution in [-0.2, 0) is 0 Å². The van der Waals surface area contributed by atoms with E-state index < -0.39 is 0 Å². The second-order valence-electron chi connectivity index (χ2n) is 5.67. The summed E-state index contributed by atoms with van der Waals surface area (Å²) in [5.41, 5.74) is 2.45. The summed E-state index contributed by atoms with van der Waals surface area (Å²) >= 11 is 3.40. The Bertz CT molecular complexity index is 651. The summed E-state index contributed by atoms with van der Waals surface area (Å²) in [6, 6.07) is 13.2. The van der Waals surface area contributed by atoms with Gasteiger partial charge in [-0.25, -0.2) is 0 Å². The van der Waals surface area contributed by atoms with Crippen molar-refractivity contribution < 1.29 is 9.53 Å². The maximum Gasteiger partial charge on any atom is 0.259 e. The molecule has 0 radical (unpaired) electrons. The molecular weight excluding hydrogens is 342 g/mol. The Morgan fingerprint density at radius 2 is 1.86 bits per heavy atom. The van der Waals surface area contributed by atoms with E-state index in [4.69, 9.17) is 4.74 Å². The topological polar surface area (TPSA) is 38.3 Å². The van der Waals surface area contributed by atoms with Gasteiger partial charge >= 0.3 is 0 Å². The molecule has 4 heteroatoms. The van der Waals surface area contributed by atoms with E-state index in [1.807, 2.05) is 43.3 Å². The van der Waals surface area contributed by atoms with Gasteiger partial charge in [-0.2, -0.15) is 0 Å². The average molecular weight is 362 g/mol. The zero-order valence-corrected chi connectivity index (χ0v) is 14.6. The number of carbonyl (C=O) groups is 1. The molecule has 1 amide bonds. The zero-order chi connectivity index (χ0) is 16.1. The Morgan fingerprint density at radius 3 is 2.50 bits per heavy atom. The highest BCUT2D eigenvalue weighted by Gasteiger charge is 2.14. The highest BCUT2D eigenvalue weighted by molar-refractivity contribution is 9.10. The second-order valence-corrected chi connectivity index (χ2v) is 6.58. The number of nitrogens with one attached hydrogen (secondary N) is 1. The summed E-state index contributed by atoms with van der Waals surface area (Å²) in [7, 11) is 0. The molecule has 0 aromatic heterocycles. The molecule has 1 N–H and O–H groups in total. The van der Waals surface area contributed by atoms with Gasteiger partial charge in [-0.05, 0) is 43.2 Å². The van der Waals surface area contributed by atoms with Crippen molar-refractivity contribution in [3.63, 3.8) is 0 Å². The Labute approximate surface area is 139 Å². The molecule has 0 aliphatic carbocycles. The van der Waals surface area contributed by atoms with E-state index in [9.17, 15) is 4.79 Å². The molecular formula is C18H20BrNO2. The number of hydrogen-bond donors (Lipinski definition) is 1. The largest absolute Gasteiger partial charge is 0.492 e. The summed E-state index contributed by atoms with van der Waals surface area (Å²) in [5, 5.41) is 2.90. The molecule has 0 heterocycles. The van der Waals surface area contributed by atoms with Crippen LogP contribution in [0.1, 0.15) is 29.8 Å². The van der Waals surface area contributed by atoms with Crippen molar-refractivity contribution in [2.45, 2.75) is 20.8 Å². The Balaban J connectivity index is 2.20. The van der Waals surface area contributed by atoms with E-state index in [-0.39, 0.29) is 5.91 Å². The second kappa shape index (κ2) is 7.45. The lowest BCUT2D eigenvalue weighted by molar-refractivity contribution is 0.102. The van der Waals surface area contributed by atoms with Crippen molar-refractivity contribution in [3.05, 3.63) is 58.1 Å². The van der Waals surface area contributed by atoms with Crippen molar-refractivity contribution in [1.29, 1.82) is 0 Å². The minimum Gasteiger partial charge on any atom is -0.492 e. The van der Waals surface area contributed by atoms with Crippen LogP contribution < -0.4 is 10.1 Å². The van der Waals surface area contributed by atoms with Crippen LogP contribution in [-0.4, -0.2) is 12.5 Å². The number of rotatable bonds is 5. The van der Waals surface area contributed by atoms with Crippen LogP contribution in [0.15, 0.2) is 46.9 Å². The van der Waals surface area contributed by atoms with Crippen LogP contribution in [0.25, 0.3) is 0 Å². The van der Waals surface area contributed by atoms with Crippen LogP contribution in [0.2, 0.25) is 0 Å². The normalized spacial score (nSPS) is 10.6. The minimum absolute atomic E-state index is 0.177. The molecule has 0 atom stereocenters. The maximum absolute atomic E-state index is 12.5. The van der Waals surface area contributed by atoms with Crippen molar-refractivity contribution in [3.8, 4) is 5.75 Å². The van der Waals surface area contributed by atoms with Crippen LogP contribution in [0.4, 0.5) is 5.69 Å². The molecule has 0 saturated carbocycles. The lowest BCUT2D eigenvalue weighted by Gasteiger charge is -2.14. The van der Waals surface area contributed by atoms with Crippen molar-refractivity contribution in [2.75, 3.05) is 11.9 Å². The van der Waals surface area contributed by atoms with Gasteiger partial charge in [0.25, 0.3) is 5.91 Å². The van der Waals surface area contributed by atoms with E-state index >= 15 is 0 Å². The molecule has 0 aliphatic rings. The van der Waals surface area contributed by atoms with Gasteiger partial charge in [-0.15, -0.1) is 0 Å². The van der Waals surface area contributed by atoms with E-state index in [1.165, 1.54) is 0 Å². The highest BCUT2D eigenvalue weighted by Crippen LogP contribution is 2.25. The molecule has 22 heavy (non-hydrogen) atoms. The van der Waals surface area contributed by atoms with Gasteiger partial charge in [0.05, 0.1) is 12.2 Å². The Hall–Kier alpha value is -1.81. The van der Waals surface area contributed by atoms with Gasteiger partial charge in [0.15, 0.2) is 0 Å². The number of ether oxygens (including phenoxy) is 1. The number of aryl methyl sites for hydroxylation is 1. The lowest BCUT2D eigenvalue weighted by atomic mass is 10.1. The van der Waals surface area contributed by atoms with E-state index in [1.54, 1.807) is 6.07 Å². The first kappa shape index (κ1) is 16.6. The zero-order valence-electron chi connectivity index (χ0n) is 13.0. The number of hydrogen-bond acceptors (Lipinski definition) is 2. The summed E-state index contributed by atoms with van der Waals surface area (Å²) < 4.78 is 6.60. The van der Waals surface area contributed by atoms with E-state index in [2.05, 4.69) is 35.1 Å². The number of carbonyl (C=O) groups excluding carboxylic acids is 1. The van der Waals surface area contributed by atoms with Gasteiger partial charge in [0, 0.05) is 10.2 Å². The Morgan fingerprint density at radius 1 is 1.18 bits per heavy atom. The van der Waals surface area contributed by atoms with E-state index in [0.717, 1.165) is 15.7 Å². The molecule has 3 nitrogen and oxygen atoms in total. The Kier molecular flexibility index (Phi) is 5.61. The summed E-state index contributed by atoms with van der Waals surface area (Å²) in [4.78, 5) is 12.5. The molecule has 0 aliphatic heterocycles. The summed E-state index contributed by atoms with van der Waals surface area (Å²) in [5.74, 6) is 0.821. The van der Waals surface area contributed by atoms with Gasteiger partial charge < -0.3 is 10.1 Å². The molecule has 0 bridgehead atoms. The quantitative estimate of drug-likeness (QED) is 0.809. The molecule has 116 valence electrons. The van der Waals surface area contributed by atoms with Gasteiger partial charge in [0.1, 0.15) is 5.75 Å². The smallest absolute Gasteiger partial charge is 0.259 e. The lowest BCUT2D eigenvalue weighted by Crippen LogP contribution is -2.15. The number of amides is 1. The SMILES string of the molecule is Cc1ccc(NC(=O)c2cc(Br)ccc2OCC(C)C)cc1. The first-order valence-corrected chi connectivity index (χ1v) is 8.05. The summed E-state index contributed by atoms with van der Waals surface area (Å²) in [6.07, 6.45) is 0. The predicted molar refractivity (Wildman–Crippen MR) is 93.6 cm³/mol. The predicted octanol–water partition coefficient (Wildman–Crippen LogP) is 5.04.